The second-order valence-electron chi connectivity index (χ2n) is 2.84. The van der Waals surface area contributed by atoms with Crippen LogP contribution in [0.5, 0.6) is 0 Å². The van der Waals surface area contributed by atoms with E-state index in [0.29, 0.717) is 6.42 Å². The second kappa shape index (κ2) is 3.90. The number of benzene rings is 1. The number of aliphatic carboxylic acids is 1. The van der Waals surface area contributed by atoms with Gasteiger partial charge in [0.2, 0.25) is 0 Å². The van der Waals surface area contributed by atoms with Gasteiger partial charge in [-0.3, -0.25) is 0 Å². The molecule has 0 unspecified atom stereocenters. The fourth-order valence-corrected chi connectivity index (χ4v) is 0.827. The second-order valence-corrected chi connectivity index (χ2v) is 2.84. The molecule has 0 aromatic heterocycles. The molecule has 0 spiro atoms. The molecule has 0 saturated carbocycles. The zero-order valence-corrected chi connectivity index (χ0v) is 7.58. The minimum absolute atomic E-state index is 0.264. The van der Waals surface area contributed by atoms with Gasteiger partial charge in [0.1, 0.15) is 0 Å². The van der Waals surface area contributed by atoms with Crippen molar-refractivity contribution in [2.75, 3.05) is 0 Å². The van der Waals surface area contributed by atoms with E-state index in [-0.39, 0.29) is 5.57 Å². The summed E-state index contributed by atoms with van der Waals surface area (Å²) in [6.07, 6.45) is 0.523. The number of carboxylic acid groups (broad SMARTS) is 1. The minimum Gasteiger partial charge on any atom is -0.478 e. The minimum atomic E-state index is -0.900. The Labute approximate surface area is 77.5 Å². The van der Waals surface area contributed by atoms with Crippen LogP contribution in [0.3, 0.4) is 0 Å². The Hall–Kier alpha value is -1.57. The van der Waals surface area contributed by atoms with Gasteiger partial charge in [-0.2, -0.15) is 0 Å². The van der Waals surface area contributed by atoms with Crippen molar-refractivity contribution >= 4 is 5.97 Å². The van der Waals surface area contributed by atoms with Gasteiger partial charge >= 0.3 is 5.97 Å². The van der Waals surface area contributed by atoms with Crippen molar-refractivity contribution in [3.05, 3.63) is 36.4 Å². The lowest BCUT2D eigenvalue weighted by Gasteiger charge is -1.87. The molecule has 2 rings (SSSR count). The van der Waals surface area contributed by atoms with Crippen LogP contribution >= 0.6 is 0 Å². The monoisotopic (exact) mass is 176 g/mol. The molecule has 0 radical (unpaired) electrons. The number of fused-ring (bicyclic) bond motifs is 1. The molecule has 0 aromatic carbocycles. The molecule has 0 amide bonds. The van der Waals surface area contributed by atoms with Crippen molar-refractivity contribution in [3.8, 4) is 11.1 Å². The molecular weight excluding hydrogens is 164 g/mol. The van der Waals surface area contributed by atoms with Gasteiger partial charge in [-0.05, 0) is 23.6 Å². The molecule has 2 nitrogen and oxygen atoms in total. The molecule has 0 saturated heterocycles. The summed E-state index contributed by atoms with van der Waals surface area (Å²) < 4.78 is 0. The maximum Gasteiger partial charge on any atom is 0.330 e. The third-order valence-corrected chi connectivity index (χ3v) is 1.84. The lowest BCUT2D eigenvalue weighted by atomic mass is 10.2. The number of hydrogen-bond donors (Lipinski definition) is 1. The summed E-state index contributed by atoms with van der Waals surface area (Å²) in [5, 5.41) is 8.08. The summed E-state index contributed by atoms with van der Waals surface area (Å²) in [4.78, 5) is 9.83. The molecule has 2 heteroatoms. The smallest absolute Gasteiger partial charge is 0.330 e. The van der Waals surface area contributed by atoms with Gasteiger partial charge < -0.3 is 5.11 Å². The van der Waals surface area contributed by atoms with Crippen LogP contribution in [-0.4, -0.2) is 11.1 Å². The Balaban J connectivity index is 0.000000130. The highest BCUT2D eigenvalue weighted by Crippen LogP contribution is 2.32. The zero-order valence-electron chi connectivity index (χ0n) is 7.58. The van der Waals surface area contributed by atoms with Crippen LogP contribution in [0.2, 0.25) is 0 Å². The molecule has 0 aromatic rings. The van der Waals surface area contributed by atoms with E-state index in [1.807, 2.05) is 0 Å². The maximum atomic E-state index is 9.83. The van der Waals surface area contributed by atoms with Crippen LogP contribution in [0.15, 0.2) is 36.4 Å². The molecule has 13 heavy (non-hydrogen) atoms. The number of carboxylic acids is 1. The third-order valence-electron chi connectivity index (χ3n) is 1.84. The molecule has 0 fully saturated rings. The largest absolute Gasteiger partial charge is 0.478 e. The molecule has 68 valence electrons. The Kier molecular flexibility index (Phi) is 2.85. The Morgan fingerprint density at radius 1 is 1.46 bits per heavy atom. The summed E-state index contributed by atoms with van der Waals surface area (Å²) in [7, 11) is 0. The molecular formula is C11H12O2. The zero-order chi connectivity index (χ0) is 9.84. The highest BCUT2D eigenvalue weighted by Gasteiger charge is 2.06. The topological polar surface area (TPSA) is 37.3 Å². The van der Waals surface area contributed by atoms with E-state index < -0.39 is 5.97 Å². The fraction of sp³-hybridized carbons (Fsp3) is 0.182. The van der Waals surface area contributed by atoms with E-state index in [0.717, 1.165) is 0 Å². The van der Waals surface area contributed by atoms with Gasteiger partial charge in [0.25, 0.3) is 0 Å². The molecule has 0 atom stereocenters. The average molecular weight is 176 g/mol. The lowest BCUT2D eigenvalue weighted by molar-refractivity contribution is -0.132. The van der Waals surface area contributed by atoms with Crippen LogP contribution in [0.4, 0.5) is 0 Å². The van der Waals surface area contributed by atoms with Crippen molar-refractivity contribution in [2.24, 2.45) is 0 Å². The molecule has 2 aliphatic carbocycles. The fourth-order valence-electron chi connectivity index (χ4n) is 0.827. The standard InChI is InChI=1S/C6H4.C5H8O2/c1-2-5-4-6(5)3-1;1-3-4(2)5(6)7/h1-4H;2-3H2,1H3,(H,6,7). The normalized spacial score (nSPS) is 9.62. The quantitative estimate of drug-likeness (QED) is 0.714. The number of hydrogen-bond acceptors (Lipinski definition) is 1. The van der Waals surface area contributed by atoms with Crippen LogP contribution in [0.1, 0.15) is 13.3 Å². The van der Waals surface area contributed by atoms with Gasteiger partial charge in [-0.25, -0.2) is 4.79 Å². The lowest BCUT2D eigenvalue weighted by Crippen LogP contribution is -1.95. The van der Waals surface area contributed by atoms with Crippen LogP contribution in [-0.2, 0) is 4.79 Å². The maximum absolute atomic E-state index is 9.83. The first-order chi connectivity index (χ1) is 6.15. The Morgan fingerprint density at radius 2 is 2.00 bits per heavy atom. The van der Waals surface area contributed by atoms with Gasteiger partial charge in [0.05, 0.1) is 0 Å². The predicted molar refractivity (Wildman–Crippen MR) is 52.5 cm³/mol. The summed E-state index contributed by atoms with van der Waals surface area (Å²) in [6, 6.07) is 8.48. The van der Waals surface area contributed by atoms with Crippen molar-refractivity contribution in [3.63, 3.8) is 0 Å². The highest BCUT2D eigenvalue weighted by atomic mass is 16.4. The summed E-state index contributed by atoms with van der Waals surface area (Å²) in [5.74, 6) is -0.900. The number of rotatable bonds is 2. The van der Waals surface area contributed by atoms with E-state index in [2.05, 4.69) is 30.8 Å². The van der Waals surface area contributed by atoms with Crippen molar-refractivity contribution < 1.29 is 9.90 Å². The van der Waals surface area contributed by atoms with Crippen LogP contribution < -0.4 is 0 Å². The number of carbonyl (C=O) groups is 1. The molecule has 0 heterocycles. The Morgan fingerprint density at radius 3 is 2.08 bits per heavy atom. The van der Waals surface area contributed by atoms with E-state index in [4.69, 9.17) is 5.11 Å². The summed E-state index contributed by atoms with van der Waals surface area (Å²) >= 11 is 0. The van der Waals surface area contributed by atoms with Crippen molar-refractivity contribution in [1.29, 1.82) is 0 Å². The first-order valence-corrected chi connectivity index (χ1v) is 4.16. The molecule has 1 N–H and O–H groups in total. The first-order valence-electron chi connectivity index (χ1n) is 4.16. The van der Waals surface area contributed by atoms with E-state index in [9.17, 15) is 4.79 Å². The predicted octanol–water partition coefficient (Wildman–Crippen LogP) is 2.70. The van der Waals surface area contributed by atoms with Crippen molar-refractivity contribution in [1.82, 2.24) is 0 Å². The highest BCUT2D eigenvalue weighted by molar-refractivity contribution is 5.85. The third kappa shape index (κ3) is 2.75. The van der Waals surface area contributed by atoms with Crippen LogP contribution in [0.25, 0.3) is 11.1 Å². The van der Waals surface area contributed by atoms with Crippen molar-refractivity contribution in [2.45, 2.75) is 13.3 Å². The average Bonchev–Trinajstić information content (AvgIpc) is 2.73. The van der Waals surface area contributed by atoms with E-state index >= 15 is 0 Å². The molecule has 0 aliphatic heterocycles. The molecule has 0 bridgehead atoms. The van der Waals surface area contributed by atoms with Gasteiger partial charge in [0, 0.05) is 5.57 Å². The van der Waals surface area contributed by atoms with Gasteiger partial charge in [-0.1, -0.05) is 31.7 Å². The first kappa shape index (κ1) is 9.52. The van der Waals surface area contributed by atoms with Gasteiger partial charge in [0.15, 0.2) is 0 Å². The SMILES string of the molecule is C=C(CC)C(=O)O.c1cc2cc-2c1. The van der Waals surface area contributed by atoms with E-state index in [1.54, 1.807) is 6.92 Å². The summed E-state index contributed by atoms with van der Waals surface area (Å²) in [5.41, 5.74) is 3.12. The summed E-state index contributed by atoms with van der Waals surface area (Å²) in [6.45, 7) is 5.03. The Bertz CT molecular complexity index is 322. The molecule has 2 aliphatic rings. The van der Waals surface area contributed by atoms with E-state index in [1.165, 1.54) is 11.1 Å². The van der Waals surface area contributed by atoms with Crippen LogP contribution in [0, 0.1) is 0 Å². The van der Waals surface area contributed by atoms with Gasteiger partial charge in [-0.15, -0.1) is 0 Å².